The van der Waals surface area contributed by atoms with Crippen LogP contribution in [0.2, 0.25) is 0 Å². The summed E-state index contributed by atoms with van der Waals surface area (Å²) in [7, 11) is 4.58. The Morgan fingerprint density at radius 3 is 2.37 bits per heavy atom. The van der Waals surface area contributed by atoms with E-state index in [0.717, 1.165) is 0 Å². The number of halogens is 1. The first-order chi connectivity index (χ1) is 13.1. The lowest BCUT2D eigenvalue weighted by atomic mass is 10.2. The van der Waals surface area contributed by atoms with Crippen molar-refractivity contribution in [2.45, 2.75) is 0 Å². The molecule has 0 radical (unpaired) electrons. The predicted octanol–water partition coefficient (Wildman–Crippen LogP) is 3.65. The molecule has 3 rings (SSSR count). The van der Waals surface area contributed by atoms with Crippen molar-refractivity contribution in [2.75, 3.05) is 21.3 Å². The minimum Gasteiger partial charge on any atom is -0.493 e. The zero-order valence-electron chi connectivity index (χ0n) is 14.9. The van der Waals surface area contributed by atoms with Crippen LogP contribution in [0.25, 0.3) is 11.4 Å². The van der Waals surface area contributed by atoms with Gasteiger partial charge in [0, 0.05) is 5.56 Å². The van der Waals surface area contributed by atoms with Gasteiger partial charge in [0.15, 0.2) is 17.3 Å². The summed E-state index contributed by atoms with van der Waals surface area (Å²) >= 11 is 5.21. The van der Waals surface area contributed by atoms with E-state index < -0.39 is 5.82 Å². The molecule has 0 saturated carbocycles. The summed E-state index contributed by atoms with van der Waals surface area (Å²) in [6, 6.07) is 9.73. The van der Waals surface area contributed by atoms with Gasteiger partial charge in [-0.3, -0.25) is 0 Å². The number of rotatable bonds is 6. The molecule has 0 bridgehead atoms. The zero-order chi connectivity index (χ0) is 19.4. The van der Waals surface area contributed by atoms with Gasteiger partial charge in [-0.25, -0.2) is 9.49 Å². The number of hydrogen-bond donors (Lipinski definition) is 1. The van der Waals surface area contributed by atoms with Crippen molar-refractivity contribution >= 4 is 18.4 Å². The number of methoxy groups -OCH3 is 3. The second-order valence-electron chi connectivity index (χ2n) is 5.35. The molecule has 1 aromatic heterocycles. The Kier molecular flexibility index (Phi) is 5.51. The van der Waals surface area contributed by atoms with E-state index in [4.69, 9.17) is 26.4 Å². The maximum atomic E-state index is 14.1. The van der Waals surface area contributed by atoms with Crippen LogP contribution in [0.3, 0.4) is 0 Å². The number of hydrogen-bond acceptors (Lipinski definition) is 6. The lowest BCUT2D eigenvalue weighted by Crippen LogP contribution is -1.99. The highest BCUT2D eigenvalue weighted by Crippen LogP contribution is 2.37. The first kappa shape index (κ1) is 18.6. The SMILES string of the molecule is COc1cc(/C=N/n2c(-c3ccccc3F)n[nH]c2=S)cc(OC)c1OC. The monoisotopic (exact) mass is 388 g/mol. The van der Waals surface area contributed by atoms with Crippen LogP contribution in [-0.2, 0) is 0 Å². The van der Waals surface area contributed by atoms with Gasteiger partial charge in [0.25, 0.3) is 0 Å². The number of aromatic amines is 1. The molecular weight excluding hydrogens is 371 g/mol. The van der Waals surface area contributed by atoms with Crippen LogP contribution >= 0.6 is 12.2 Å². The molecule has 1 N–H and O–H groups in total. The molecule has 0 fully saturated rings. The zero-order valence-corrected chi connectivity index (χ0v) is 15.7. The number of nitrogens with zero attached hydrogens (tertiary/aromatic N) is 3. The highest BCUT2D eigenvalue weighted by Gasteiger charge is 2.14. The Morgan fingerprint density at radius 2 is 1.78 bits per heavy atom. The van der Waals surface area contributed by atoms with Gasteiger partial charge in [-0.1, -0.05) is 12.1 Å². The Hall–Kier alpha value is -3.20. The minimum atomic E-state index is -0.421. The van der Waals surface area contributed by atoms with Crippen LogP contribution in [0.4, 0.5) is 4.39 Å². The fourth-order valence-corrected chi connectivity index (χ4v) is 2.70. The fraction of sp³-hybridized carbons (Fsp3) is 0.167. The molecular formula is C18H17FN4O3S. The van der Waals surface area contributed by atoms with Crippen molar-refractivity contribution in [3.8, 4) is 28.6 Å². The number of ether oxygens (including phenoxy) is 3. The molecule has 140 valence electrons. The standard InChI is InChI=1S/C18H17FN4O3S/c1-24-14-8-11(9-15(25-2)16(14)26-3)10-20-23-17(21-22-18(23)27)12-6-4-5-7-13(12)19/h4-10H,1-3H3,(H,22,27)/b20-10+. The van der Waals surface area contributed by atoms with E-state index in [-0.39, 0.29) is 16.2 Å². The van der Waals surface area contributed by atoms with Gasteiger partial charge < -0.3 is 14.2 Å². The number of benzene rings is 2. The summed E-state index contributed by atoms with van der Waals surface area (Å²) in [6.45, 7) is 0. The normalized spacial score (nSPS) is 11.0. The molecule has 3 aromatic rings. The Bertz CT molecular complexity index is 1020. The van der Waals surface area contributed by atoms with Crippen LogP contribution < -0.4 is 14.2 Å². The van der Waals surface area contributed by atoms with E-state index >= 15 is 0 Å². The third-order valence-corrected chi connectivity index (χ3v) is 4.04. The van der Waals surface area contributed by atoms with Crippen molar-refractivity contribution in [3.05, 3.63) is 52.5 Å². The predicted molar refractivity (Wildman–Crippen MR) is 102 cm³/mol. The van der Waals surface area contributed by atoms with Gasteiger partial charge in [-0.05, 0) is 36.5 Å². The van der Waals surface area contributed by atoms with E-state index in [1.54, 1.807) is 36.5 Å². The van der Waals surface area contributed by atoms with Gasteiger partial charge in [0.2, 0.25) is 10.5 Å². The average Bonchev–Trinajstić information content (AvgIpc) is 3.06. The van der Waals surface area contributed by atoms with Crippen LogP contribution in [0, 0.1) is 10.6 Å². The maximum absolute atomic E-state index is 14.1. The van der Waals surface area contributed by atoms with E-state index in [9.17, 15) is 4.39 Å². The summed E-state index contributed by atoms with van der Waals surface area (Å²) in [6.07, 6.45) is 1.54. The maximum Gasteiger partial charge on any atom is 0.216 e. The lowest BCUT2D eigenvalue weighted by Gasteiger charge is -2.12. The van der Waals surface area contributed by atoms with Gasteiger partial charge in [-0.2, -0.15) is 14.9 Å². The Balaban J connectivity index is 2.04. The van der Waals surface area contributed by atoms with Crippen LogP contribution in [0.5, 0.6) is 17.2 Å². The van der Waals surface area contributed by atoms with E-state index in [2.05, 4.69) is 15.3 Å². The molecule has 2 aromatic carbocycles. The number of aromatic nitrogens is 3. The average molecular weight is 388 g/mol. The van der Waals surface area contributed by atoms with Gasteiger partial charge in [0.05, 0.1) is 33.1 Å². The Morgan fingerprint density at radius 1 is 1.11 bits per heavy atom. The third-order valence-electron chi connectivity index (χ3n) is 3.77. The van der Waals surface area contributed by atoms with Crippen molar-refractivity contribution < 1.29 is 18.6 Å². The van der Waals surface area contributed by atoms with Crippen molar-refractivity contribution in [2.24, 2.45) is 5.10 Å². The summed E-state index contributed by atoms with van der Waals surface area (Å²) in [5.41, 5.74) is 0.957. The lowest BCUT2D eigenvalue weighted by molar-refractivity contribution is 0.324. The Labute approximate surface area is 160 Å². The molecule has 0 aliphatic carbocycles. The van der Waals surface area contributed by atoms with Crippen molar-refractivity contribution in [1.29, 1.82) is 0 Å². The molecule has 0 unspecified atom stereocenters. The van der Waals surface area contributed by atoms with Gasteiger partial charge in [-0.15, -0.1) is 0 Å². The molecule has 0 aliphatic heterocycles. The second-order valence-corrected chi connectivity index (χ2v) is 5.73. The first-order valence-electron chi connectivity index (χ1n) is 7.85. The van der Waals surface area contributed by atoms with Crippen molar-refractivity contribution in [1.82, 2.24) is 14.9 Å². The molecule has 0 spiro atoms. The quantitative estimate of drug-likeness (QED) is 0.515. The molecule has 0 atom stereocenters. The summed E-state index contributed by atoms with van der Waals surface area (Å²) < 4.78 is 31.6. The molecule has 7 nitrogen and oxygen atoms in total. The summed E-state index contributed by atoms with van der Waals surface area (Å²) in [5.74, 6) is 1.30. The van der Waals surface area contributed by atoms with Gasteiger partial charge in [0.1, 0.15) is 5.82 Å². The van der Waals surface area contributed by atoms with Crippen LogP contribution in [-0.4, -0.2) is 42.4 Å². The van der Waals surface area contributed by atoms with E-state index in [1.807, 2.05) is 0 Å². The molecule has 1 heterocycles. The highest BCUT2D eigenvalue weighted by molar-refractivity contribution is 7.71. The molecule has 27 heavy (non-hydrogen) atoms. The fourth-order valence-electron chi connectivity index (χ4n) is 2.52. The van der Waals surface area contributed by atoms with E-state index in [1.165, 1.54) is 32.1 Å². The van der Waals surface area contributed by atoms with E-state index in [0.29, 0.717) is 22.8 Å². The largest absolute Gasteiger partial charge is 0.493 e. The smallest absolute Gasteiger partial charge is 0.216 e. The summed E-state index contributed by atoms with van der Waals surface area (Å²) in [5, 5.41) is 11.0. The third kappa shape index (κ3) is 3.68. The van der Waals surface area contributed by atoms with Gasteiger partial charge >= 0.3 is 0 Å². The highest BCUT2D eigenvalue weighted by atomic mass is 32.1. The molecule has 9 heteroatoms. The number of H-pyrrole nitrogens is 1. The first-order valence-corrected chi connectivity index (χ1v) is 8.26. The van der Waals surface area contributed by atoms with Crippen LogP contribution in [0.1, 0.15) is 5.56 Å². The second kappa shape index (κ2) is 8.00. The molecule has 0 amide bonds. The molecule has 0 aliphatic rings. The van der Waals surface area contributed by atoms with Crippen LogP contribution in [0.15, 0.2) is 41.5 Å². The summed E-state index contributed by atoms with van der Waals surface area (Å²) in [4.78, 5) is 0. The minimum absolute atomic E-state index is 0.233. The number of nitrogens with one attached hydrogen (secondary N) is 1. The molecule has 0 saturated heterocycles. The topological polar surface area (TPSA) is 73.7 Å². The van der Waals surface area contributed by atoms with Crippen molar-refractivity contribution in [3.63, 3.8) is 0 Å².